The summed E-state index contributed by atoms with van der Waals surface area (Å²) < 4.78 is 16.7. The molecule has 0 saturated carbocycles. The van der Waals surface area contributed by atoms with Crippen LogP contribution in [0.3, 0.4) is 0 Å². The number of carbonyl (C=O) groups excluding carboxylic acids is 3. The second-order valence-electron chi connectivity index (χ2n) is 11.1. The number of pyridine rings is 1. The van der Waals surface area contributed by atoms with Crippen LogP contribution in [0.5, 0.6) is 5.88 Å². The molecule has 3 heterocycles. The first-order chi connectivity index (χ1) is 20.0. The molecule has 2 atom stereocenters. The maximum absolute atomic E-state index is 13.0. The number of esters is 1. The predicted molar refractivity (Wildman–Crippen MR) is 159 cm³/mol. The molecule has 228 valence electrons. The average molecular weight is 603 g/mol. The first-order valence-electron chi connectivity index (χ1n) is 13.9. The Bertz CT molecular complexity index is 1280. The lowest BCUT2D eigenvalue weighted by Gasteiger charge is -2.37. The summed E-state index contributed by atoms with van der Waals surface area (Å²) >= 11 is 6.06. The maximum Gasteiger partial charge on any atom is 0.338 e. The van der Waals surface area contributed by atoms with Crippen LogP contribution >= 0.6 is 11.6 Å². The smallest absolute Gasteiger partial charge is 0.338 e. The number of nitrogens with one attached hydrogen (secondary N) is 2. The molecule has 1 aromatic heterocycles. The summed E-state index contributed by atoms with van der Waals surface area (Å²) in [5.41, 5.74) is 6.44. The quantitative estimate of drug-likeness (QED) is 0.365. The molecule has 12 nitrogen and oxygen atoms in total. The molecule has 4 N–H and O–H groups in total. The molecule has 0 unspecified atom stereocenters. The molecule has 4 rings (SSSR count). The number of likely N-dealkylation sites (tertiary alicyclic amines) is 2. The van der Waals surface area contributed by atoms with Gasteiger partial charge in [0.15, 0.2) is 0 Å². The van der Waals surface area contributed by atoms with E-state index in [-0.39, 0.29) is 52.9 Å². The summed E-state index contributed by atoms with van der Waals surface area (Å²) in [4.78, 5) is 46.7. The molecule has 0 spiro atoms. The highest BCUT2D eigenvalue weighted by molar-refractivity contribution is 6.33. The molecule has 0 radical (unpaired) electrons. The van der Waals surface area contributed by atoms with Crippen molar-refractivity contribution in [2.75, 3.05) is 65.0 Å². The van der Waals surface area contributed by atoms with Crippen LogP contribution < -0.4 is 21.1 Å². The van der Waals surface area contributed by atoms with Crippen molar-refractivity contribution in [1.29, 1.82) is 0 Å². The van der Waals surface area contributed by atoms with Gasteiger partial charge in [0, 0.05) is 39.0 Å². The van der Waals surface area contributed by atoms with Gasteiger partial charge in [0.2, 0.25) is 11.8 Å². The van der Waals surface area contributed by atoms with Crippen LogP contribution in [0.15, 0.2) is 30.3 Å². The number of piperidine rings is 2. The third-order valence-corrected chi connectivity index (χ3v) is 8.13. The highest BCUT2D eigenvalue weighted by atomic mass is 35.5. The van der Waals surface area contributed by atoms with E-state index in [0.717, 1.165) is 25.9 Å². The minimum Gasteiger partial charge on any atom is -0.480 e. The molecule has 0 aliphatic carbocycles. The summed E-state index contributed by atoms with van der Waals surface area (Å²) in [6.45, 7) is 4.89. The van der Waals surface area contributed by atoms with Crippen LogP contribution in [0.25, 0.3) is 0 Å². The summed E-state index contributed by atoms with van der Waals surface area (Å²) in [7, 11) is 5.02. The largest absolute Gasteiger partial charge is 0.480 e. The van der Waals surface area contributed by atoms with E-state index in [1.165, 1.54) is 13.2 Å². The van der Waals surface area contributed by atoms with Crippen molar-refractivity contribution < 1.29 is 28.6 Å². The first-order valence-corrected chi connectivity index (χ1v) is 14.3. The van der Waals surface area contributed by atoms with E-state index >= 15 is 0 Å². The van der Waals surface area contributed by atoms with E-state index in [1.54, 1.807) is 31.4 Å². The molecule has 1 aromatic carbocycles. The topological polar surface area (TPSA) is 148 Å². The fraction of sp³-hybridized carbons (Fsp3) is 0.517. The molecule has 2 amide bonds. The Morgan fingerprint density at radius 3 is 2.48 bits per heavy atom. The second kappa shape index (κ2) is 13.7. The number of aromatic nitrogens is 1. The normalized spacial score (nSPS) is 20.9. The number of anilines is 2. The highest BCUT2D eigenvalue weighted by Gasteiger charge is 2.34. The number of hydrogen-bond donors (Lipinski definition) is 3. The Morgan fingerprint density at radius 1 is 1.14 bits per heavy atom. The summed E-state index contributed by atoms with van der Waals surface area (Å²) in [5.74, 6) is -0.827. The number of nitrogens with zero attached hydrogens (tertiary/aromatic N) is 3. The third kappa shape index (κ3) is 7.88. The zero-order chi connectivity index (χ0) is 30.4. The molecular weight excluding hydrogens is 564 g/mol. The van der Waals surface area contributed by atoms with Crippen molar-refractivity contribution in [2.45, 2.75) is 43.9 Å². The van der Waals surface area contributed by atoms with Crippen LogP contribution in [0, 0.1) is 0 Å². The van der Waals surface area contributed by atoms with Crippen LogP contribution in [0.1, 0.15) is 46.9 Å². The number of amides is 2. The molecule has 2 aliphatic heterocycles. The van der Waals surface area contributed by atoms with Crippen molar-refractivity contribution in [1.82, 2.24) is 20.1 Å². The Hall–Kier alpha value is -3.45. The number of benzene rings is 1. The highest BCUT2D eigenvalue weighted by Crippen LogP contribution is 2.27. The minimum atomic E-state index is -0.472. The Balaban J connectivity index is 1.27. The third-order valence-electron chi connectivity index (χ3n) is 7.82. The number of carbonyl (C=O) groups is 3. The van der Waals surface area contributed by atoms with Crippen molar-refractivity contribution >= 4 is 40.9 Å². The zero-order valence-corrected chi connectivity index (χ0v) is 25.2. The van der Waals surface area contributed by atoms with E-state index in [2.05, 4.69) is 27.6 Å². The second-order valence-corrected chi connectivity index (χ2v) is 11.5. The van der Waals surface area contributed by atoms with Gasteiger partial charge in [-0.2, -0.15) is 4.98 Å². The van der Waals surface area contributed by atoms with Gasteiger partial charge >= 0.3 is 5.97 Å². The van der Waals surface area contributed by atoms with Gasteiger partial charge in [0.05, 0.1) is 36.4 Å². The molecule has 2 fully saturated rings. The maximum atomic E-state index is 13.0. The lowest BCUT2D eigenvalue weighted by molar-refractivity contribution is -0.118. The number of rotatable bonds is 9. The predicted octanol–water partition coefficient (Wildman–Crippen LogP) is 2.42. The monoisotopic (exact) mass is 602 g/mol. The van der Waals surface area contributed by atoms with Crippen LogP contribution in [-0.4, -0.2) is 104 Å². The van der Waals surface area contributed by atoms with E-state index < -0.39 is 11.5 Å². The summed E-state index contributed by atoms with van der Waals surface area (Å²) in [6, 6.07) is 7.82. The van der Waals surface area contributed by atoms with Gasteiger partial charge in [-0.1, -0.05) is 11.6 Å². The number of halogens is 1. The fourth-order valence-corrected chi connectivity index (χ4v) is 5.30. The van der Waals surface area contributed by atoms with Gasteiger partial charge in [-0.25, -0.2) is 4.79 Å². The van der Waals surface area contributed by atoms with Gasteiger partial charge in [-0.15, -0.1) is 0 Å². The Labute approximate surface area is 250 Å². The van der Waals surface area contributed by atoms with Crippen molar-refractivity contribution in [3.63, 3.8) is 0 Å². The minimum absolute atomic E-state index is 0.0716. The zero-order valence-electron chi connectivity index (χ0n) is 24.4. The molecule has 2 saturated heterocycles. The van der Waals surface area contributed by atoms with Gasteiger partial charge in [0.25, 0.3) is 5.91 Å². The number of hydrogen-bond acceptors (Lipinski definition) is 10. The lowest BCUT2D eigenvalue weighted by Crippen LogP contribution is -2.55. The van der Waals surface area contributed by atoms with Crippen molar-refractivity contribution in [3.05, 3.63) is 46.5 Å². The number of nitrogen functional groups attached to an aromatic ring is 1. The van der Waals surface area contributed by atoms with Gasteiger partial charge in [-0.3, -0.25) is 14.5 Å². The van der Waals surface area contributed by atoms with Gasteiger partial charge < -0.3 is 35.5 Å². The number of methoxy groups -OCH3 is 2. The van der Waals surface area contributed by atoms with E-state index in [0.29, 0.717) is 30.8 Å². The molecule has 13 heteroatoms. The van der Waals surface area contributed by atoms with Gasteiger partial charge in [0.1, 0.15) is 17.0 Å². The summed E-state index contributed by atoms with van der Waals surface area (Å²) in [6.07, 6.45) is 1.79. The number of ether oxygens (including phenoxy) is 3. The first kappa shape index (κ1) is 31.5. The molecular formula is C29H39ClN6O6. The van der Waals surface area contributed by atoms with Crippen LogP contribution in [0.4, 0.5) is 11.5 Å². The molecule has 2 aliphatic rings. The van der Waals surface area contributed by atoms with Crippen LogP contribution in [0.2, 0.25) is 5.02 Å². The van der Waals surface area contributed by atoms with Crippen molar-refractivity contribution in [3.8, 4) is 5.88 Å². The van der Waals surface area contributed by atoms with E-state index in [4.69, 9.17) is 31.5 Å². The standard InChI is InChI=1S/C29H39ClN6O6/c1-29(10-13-35(2)14-11-29)42-28(39)18-5-7-19(8-6-18)32-24(37)17-36-12-9-22(23(16-36)40-3)33-26(38)20-15-21(30)25(31)34-27(20)41-4/h5-8,15,22-23H,9-14,16-17H2,1-4H3,(H2,31,34)(H,32,37)(H,33,38)/t22-,23+/m0/s1. The van der Waals surface area contributed by atoms with Crippen LogP contribution in [-0.2, 0) is 14.3 Å². The lowest BCUT2D eigenvalue weighted by atomic mass is 9.93. The molecule has 0 bridgehead atoms. The Morgan fingerprint density at radius 2 is 1.83 bits per heavy atom. The fourth-order valence-electron chi connectivity index (χ4n) is 5.15. The molecule has 42 heavy (non-hydrogen) atoms. The summed E-state index contributed by atoms with van der Waals surface area (Å²) in [5, 5.41) is 6.00. The molecule has 2 aromatic rings. The Kier molecular flexibility index (Phi) is 10.3. The van der Waals surface area contributed by atoms with E-state index in [9.17, 15) is 14.4 Å². The number of nitrogens with two attached hydrogens (primary N) is 1. The van der Waals surface area contributed by atoms with Gasteiger partial charge in [-0.05, 0) is 63.6 Å². The SMILES string of the molecule is COc1nc(N)c(Cl)cc1C(=O)N[C@H]1CCN(CC(=O)Nc2ccc(C(=O)OC3(C)CCN(C)CC3)cc2)C[C@H]1OC. The average Bonchev–Trinajstić information content (AvgIpc) is 2.96. The van der Waals surface area contributed by atoms with E-state index in [1.807, 2.05) is 11.8 Å². The van der Waals surface area contributed by atoms with Crippen molar-refractivity contribution in [2.24, 2.45) is 0 Å².